The number of pyridine rings is 1. The van der Waals surface area contributed by atoms with Gasteiger partial charge in [0.1, 0.15) is 11.5 Å². The van der Waals surface area contributed by atoms with Crippen molar-refractivity contribution in [1.82, 2.24) is 4.98 Å². The summed E-state index contributed by atoms with van der Waals surface area (Å²) in [5.74, 6) is 0.487. The lowest BCUT2D eigenvalue weighted by Gasteiger charge is -2.09. The summed E-state index contributed by atoms with van der Waals surface area (Å²) in [4.78, 5) is 4.05. The molecule has 1 heterocycles. The van der Waals surface area contributed by atoms with Gasteiger partial charge in [0.05, 0.1) is 6.61 Å². The van der Waals surface area contributed by atoms with E-state index in [-0.39, 0.29) is 5.84 Å². The summed E-state index contributed by atoms with van der Waals surface area (Å²) in [6.45, 7) is 5.34. The molecular weight excluding hydrogens is 190 g/mol. The van der Waals surface area contributed by atoms with E-state index in [0.29, 0.717) is 24.8 Å². The van der Waals surface area contributed by atoms with Gasteiger partial charge in [-0.05, 0) is 12.0 Å². The molecule has 0 saturated carbocycles. The van der Waals surface area contributed by atoms with Crippen molar-refractivity contribution >= 4 is 5.84 Å². The van der Waals surface area contributed by atoms with Crippen LogP contribution in [0.2, 0.25) is 0 Å². The topological polar surface area (TPSA) is 72.0 Å². The number of aromatic nitrogens is 1. The van der Waals surface area contributed by atoms with Crippen LogP contribution < -0.4 is 5.73 Å². The molecule has 0 aliphatic heterocycles. The first-order valence-corrected chi connectivity index (χ1v) is 4.97. The van der Waals surface area contributed by atoms with E-state index in [4.69, 9.17) is 15.9 Å². The highest BCUT2D eigenvalue weighted by atomic mass is 16.5. The highest BCUT2D eigenvalue weighted by Crippen LogP contribution is 2.07. The van der Waals surface area contributed by atoms with Gasteiger partial charge < -0.3 is 10.5 Å². The van der Waals surface area contributed by atoms with Gasteiger partial charge in [-0.2, -0.15) is 0 Å². The van der Waals surface area contributed by atoms with Crippen molar-refractivity contribution in [3.8, 4) is 0 Å². The van der Waals surface area contributed by atoms with E-state index in [1.165, 1.54) is 0 Å². The number of nitrogen functional groups attached to an aromatic ring is 1. The van der Waals surface area contributed by atoms with E-state index >= 15 is 0 Å². The first-order chi connectivity index (χ1) is 7.11. The van der Waals surface area contributed by atoms with Gasteiger partial charge in [0, 0.05) is 18.4 Å². The molecule has 1 aromatic heterocycles. The molecule has 0 amide bonds. The van der Waals surface area contributed by atoms with Crippen molar-refractivity contribution in [2.45, 2.75) is 20.5 Å². The van der Waals surface area contributed by atoms with Crippen LogP contribution in [0.15, 0.2) is 18.3 Å². The van der Waals surface area contributed by atoms with Gasteiger partial charge in [-0.1, -0.05) is 19.9 Å². The second kappa shape index (κ2) is 5.46. The highest BCUT2D eigenvalue weighted by molar-refractivity contribution is 5.94. The molecule has 0 atom stereocenters. The maximum Gasteiger partial charge on any atom is 0.142 e. The van der Waals surface area contributed by atoms with E-state index in [1.54, 1.807) is 6.20 Å². The van der Waals surface area contributed by atoms with E-state index in [0.717, 1.165) is 5.56 Å². The zero-order chi connectivity index (χ0) is 11.3. The van der Waals surface area contributed by atoms with Crippen LogP contribution in [0.3, 0.4) is 0 Å². The smallest absolute Gasteiger partial charge is 0.142 e. The standard InChI is InChI=1S/C11H17N3O/c1-8(2)6-15-7-9-4-3-5-14-10(9)11(12)13/h3-5,8H,6-7H2,1-2H3,(H3,12,13). The van der Waals surface area contributed by atoms with Crippen LogP contribution in [0, 0.1) is 11.3 Å². The molecule has 0 aliphatic rings. The third kappa shape index (κ3) is 3.67. The van der Waals surface area contributed by atoms with Crippen molar-refractivity contribution in [3.63, 3.8) is 0 Å². The number of nitrogens with zero attached hydrogens (tertiary/aromatic N) is 1. The number of amidine groups is 1. The van der Waals surface area contributed by atoms with E-state index in [9.17, 15) is 0 Å². The van der Waals surface area contributed by atoms with Crippen molar-refractivity contribution in [3.05, 3.63) is 29.6 Å². The summed E-state index contributed by atoms with van der Waals surface area (Å²) in [5.41, 5.74) is 6.79. The molecular formula is C11H17N3O. The summed E-state index contributed by atoms with van der Waals surface area (Å²) < 4.78 is 5.48. The summed E-state index contributed by atoms with van der Waals surface area (Å²) in [5, 5.41) is 7.36. The Balaban J connectivity index is 2.63. The van der Waals surface area contributed by atoms with Crippen molar-refractivity contribution in [2.75, 3.05) is 6.61 Å². The van der Waals surface area contributed by atoms with Gasteiger partial charge in [-0.15, -0.1) is 0 Å². The lowest BCUT2D eigenvalue weighted by Crippen LogP contribution is -2.16. The molecule has 1 aromatic rings. The summed E-state index contributed by atoms with van der Waals surface area (Å²) >= 11 is 0. The summed E-state index contributed by atoms with van der Waals surface area (Å²) in [6, 6.07) is 3.70. The second-order valence-corrected chi connectivity index (χ2v) is 3.83. The predicted molar refractivity (Wildman–Crippen MR) is 59.7 cm³/mol. The number of ether oxygens (including phenoxy) is 1. The zero-order valence-electron chi connectivity index (χ0n) is 9.16. The number of hydrogen-bond acceptors (Lipinski definition) is 3. The first kappa shape index (κ1) is 11.7. The lowest BCUT2D eigenvalue weighted by molar-refractivity contribution is 0.0968. The predicted octanol–water partition coefficient (Wildman–Crippen LogP) is 1.54. The maximum atomic E-state index is 7.36. The minimum absolute atomic E-state index is 0.0150. The van der Waals surface area contributed by atoms with Crippen LogP contribution in [-0.2, 0) is 11.3 Å². The van der Waals surface area contributed by atoms with E-state index in [1.807, 2.05) is 12.1 Å². The van der Waals surface area contributed by atoms with Crippen molar-refractivity contribution < 1.29 is 4.74 Å². The molecule has 0 bridgehead atoms. The average molecular weight is 207 g/mol. The number of rotatable bonds is 5. The minimum atomic E-state index is -0.0150. The largest absolute Gasteiger partial charge is 0.382 e. The number of nitrogens with one attached hydrogen (secondary N) is 1. The quantitative estimate of drug-likeness (QED) is 0.568. The lowest BCUT2D eigenvalue weighted by atomic mass is 10.2. The third-order valence-electron chi connectivity index (χ3n) is 1.86. The fourth-order valence-electron chi connectivity index (χ4n) is 1.20. The fraction of sp³-hybridized carbons (Fsp3) is 0.455. The molecule has 0 spiro atoms. The van der Waals surface area contributed by atoms with Gasteiger partial charge in [0.2, 0.25) is 0 Å². The monoisotopic (exact) mass is 207 g/mol. The van der Waals surface area contributed by atoms with Gasteiger partial charge in [-0.3, -0.25) is 10.4 Å². The molecule has 0 aromatic carbocycles. The zero-order valence-corrected chi connectivity index (χ0v) is 9.16. The molecule has 15 heavy (non-hydrogen) atoms. The molecule has 0 unspecified atom stereocenters. The average Bonchev–Trinajstić information content (AvgIpc) is 2.17. The SMILES string of the molecule is CC(C)COCc1cccnc1C(=N)N. The molecule has 0 fully saturated rings. The van der Waals surface area contributed by atoms with Crippen molar-refractivity contribution in [1.29, 1.82) is 5.41 Å². The molecule has 0 saturated heterocycles. The Hall–Kier alpha value is -1.42. The molecule has 1 rings (SSSR count). The highest BCUT2D eigenvalue weighted by Gasteiger charge is 2.06. The molecule has 3 N–H and O–H groups in total. The number of hydrogen-bond donors (Lipinski definition) is 2. The van der Waals surface area contributed by atoms with Crippen LogP contribution in [-0.4, -0.2) is 17.4 Å². The second-order valence-electron chi connectivity index (χ2n) is 3.83. The van der Waals surface area contributed by atoms with Gasteiger partial charge in [-0.25, -0.2) is 0 Å². The molecule has 4 heteroatoms. The van der Waals surface area contributed by atoms with Gasteiger partial charge in [0.15, 0.2) is 0 Å². The Morgan fingerprint density at radius 1 is 1.60 bits per heavy atom. The van der Waals surface area contributed by atoms with Crippen LogP contribution in [0.25, 0.3) is 0 Å². The molecule has 82 valence electrons. The molecule has 0 aliphatic carbocycles. The van der Waals surface area contributed by atoms with Gasteiger partial charge in [0.25, 0.3) is 0 Å². The Morgan fingerprint density at radius 3 is 2.93 bits per heavy atom. The molecule has 0 radical (unpaired) electrons. The normalized spacial score (nSPS) is 10.6. The Kier molecular flexibility index (Phi) is 4.24. The van der Waals surface area contributed by atoms with Gasteiger partial charge >= 0.3 is 0 Å². The Morgan fingerprint density at radius 2 is 2.33 bits per heavy atom. The van der Waals surface area contributed by atoms with Crippen LogP contribution in [0.4, 0.5) is 0 Å². The van der Waals surface area contributed by atoms with Crippen LogP contribution in [0.1, 0.15) is 25.1 Å². The Labute approximate surface area is 90.0 Å². The summed E-state index contributed by atoms with van der Waals surface area (Å²) in [7, 11) is 0. The molecule has 4 nitrogen and oxygen atoms in total. The summed E-state index contributed by atoms with van der Waals surface area (Å²) in [6.07, 6.45) is 1.63. The fourth-order valence-corrected chi connectivity index (χ4v) is 1.20. The van der Waals surface area contributed by atoms with Crippen LogP contribution in [0.5, 0.6) is 0 Å². The minimum Gasteiger partial charge on any atom is -0.382 e. The van der Waals surface area contributed by atoms with E-state index < -0.39 is 0 Å². The number of nitrogens with two attached hydrogens (primary N) is 1. The Bertz CT molecular complexity index is 336. The van der Waals surface area contributed by atoms with Crippen LogP contribution >= 0.6 is 0 Å². The third-order valence-corrected chi connectivity index (χ3v) is 1.86. The van der Waals surface area contributed by atoms with Crippen molar-refractivity contribution in [2.24, 2.45) is 11.7 Å². The van der Waals surface area contributed by atoms with E-state index in [2.05, 4.69) is 18.8 Å². The first-order valence-electron chi connectivity index (χ1n) is 4.97. The maximum absolute atomic E-state index is 7.36.